The molecule has 0 amide bonds. The first kappa shape index (κ1) is 13.8. The SMILES string of the molecule is [2H]C([2H])([2H])n1c(S(=O)Cc2ncc(C)c(OC)c2C)nc2cc(OC)ccc21. The van der Waals surface area contributed by atoms with E-state index in [1.54, 1.807) is 31.5 Å². The molecule has 3 aromatic rings. The van der Waals surface area contributed by atoms with Crippen molar-refractivity contribution in [3.05, 3.63) is 41.2 Å². The van der Waals surface area contributed by atoms with Crippen LogP contribution >= 0.6 is 0 Å². The Morgan fingerprint density at radius 2 is 2.08 bits per heavy atom. The molecule has 7 heteroatoms. The molecular weight excluding hydrogens is 338 g/mol. The first-order chi connectivity index (χ1) is 13.2. The summed E-state index contributed by atoms with van der Waals surface area (Å²) >= 11 is 0. The van der Waals surface area contributed by atoms with Gasteiger partial charge in [0, 0.05) is 34.5 Å². The van der Waals surface area contributed by atoms with Gasteiger partial charge in [-0.1, -0.05) is 0 Å². The minimum absolute atomic E-state index is 0.0241. The second-order valence-corrected chi connectivity index (χ2v) is 6.97. The quantitative estimate of drug-likeness (QED) is 0.698. The van der Waals surface area contributed by atoms with Crippen molar-refractivity contribution in [1.29, 1.82) is 0 Å². The number of hydrogen-bond donors (Lipinski definition) is 0. The average molecular weight is 362 g/mol. The lowest BCUT2D eigenvalue weighted by Gasteiger charge is -2.12. The molecule has 0 saturated heterocycles. The summed E-state index contributed by atoms with van der Waals surface area (Å²) in [6, 6.07) is 4.87. The molecule has 2 heterocycles. The van der Waals surface area contributed by atoms with Crippen LogP contribution in [0.4, 0.5) is 0 Å². The number of hydrogen-bond acceptors (Lipinski definition) is 5. The summed E-state index contributed by atoms with van der Waals surface area (Å²) in [5.41, 5.74) is 2.99. The van der Waals surface area contributed by atoms with Gasteiger partial charge in [-0.2, -0.15) is 0 Å². The van der Waals surface area contributed by atoms with E-state index in [2.05, 4.69) is 9.97 Å². The zero-order valence-electron chi connectivity index (χ0n) is 17.5. The van der Waals surface area contributed by atoms with Crippen molar-refractivity contribution >= 4 is 21.8 Å². The number of nitrogens with zero attached hydrogens (tertiary/aromatic N) is 3. The van der Waals surface area contributed by atoms with Gasteiger partial charge < -0.3 is 14.0 Å². The van der Waals surface area contributed by atoms with Gasteiger partial charge in [-0.25, -0.2) is 4.98 Å². The van der Waals surface area contributed by atoms with Gasteiger partial charge in [0.15, 0.2) is 5.16 Å². The maximum absolute atomic E-state index is 13.1. The van der Waals surface area contributed by atoms with Gasteiger partial charge in [-0.3, -0.25) is 9.19 Å². The summed E-state index contributed by atoms with van der Waals surface area (Å²) in [5.74, 6) is 1.25. The van der Waals surface area contributed by atoms with E-state index >= 15 is 0 Å². The Kier molecular flexibility index (Phi) is 3.78. The van der Waals surface area contributed by atoms with E-state index in [-0.39, 0.29) is 10.9 Å². The van der Waals surface area contributed by atoms with Crippen LogP contribution in [0, 0.1) is 13.8 Å². The van der Waals surface area contributed by atoms with Crippen LogP contribution in [0.2, 0.25) is 0 Å². The molecule has 0 aliphatic rings. The van der Waals surface area contributed by atoms with Crippen LogP contribution in [-0.2, 0) is 23.5 Å². The Bertz CT molecular complexity index is 1060. The Morgan fingerprint density at radius 1 is 1.28 bits per heavy atom. The zero-order valence-corrected chi connectivity index (χ0v) is 15.3. The number of aromatic nitrogens is 3. The molecular formula is C18H21N3O3S. The topological polar surface area (TPSA) is 66.2 Å². The third kappa shape index (κ3) is 3.11. The second-order valence-electron chi connectivity index (χ2n) is 5.62. The maximum Gasteiger partial charge on any atom is 0.200 e. The van der Waals surface area contributed by atoms with Crippen molar-refractivity contribution in [3.63, 3.8) is 0 Å². The highest BCUT2D eigenvalue weighted by Gasteiger charge is 2.18. The summed E-state index contributed by atoms with van der Waals surface area (Å²) in [6.45, 7) is 1.19. The van der Waals surface area contributed by atoms with Crippen molar-refractivity contribution in [1.82, 2.24) is 14.5 Å². The van der Waals surface area contributed by atoms with Gasteiger partial charge in [0.2, 0.25) is 0 Å². The Labute approximate surface area is 153 Å². The molecule has 0 radical (unpaired) electrons. The molecule has 0 N–H and O–H groups in total. The summed E-state index contributed by atoms with van der Waals surface area (Å²) in [5, 5.41) is -0.0241. The van der Waals surface area contributed by atoms with E-state index in [0.717, 1.165) is 15.7 Å². The summed E-state index contributed by atoms with van der Waals surface area (Å²) in [7, 11) is 1.35. The highest BCUT2D eigenvalue weighted by atomic mass is 32.2. The van der Waals surface area contributed by atoms with Crippen molar-refractivity contribution < 1.29 is 17.8 Å². The number of aryl methyl sites for hydroxylation is 2. The van der Waals surface area contributed by atoms with Crippen LogP contribution in [0.15, 0.2) is 29.6 Å². The predicted molar refractivity (Wildman–Crippen MR) is 97.6 cm³/mol. The fraction of sp³-hybridized carbons (Fsp3) is 0.333. The molecule has 0 aliphatic carbocycles. The Balaban J connectivity index is 2.09. The number of methoxy groups -OCH3 is 2. The van der Waals surface area contributed by atoms with E-state index in [4.69, 9.17) is 13.6 Å². The molecule has 0 aliphatic heterocycles. The van der Waals surface area contributed by atoms with Crippen molar-refractivity contribution in [2.45, 2.75) is 24.8 Å². The molecule has 25 heavy (non-hydrogen) atoms. The molecule has 1 atom stereocenters. The minimum Gasteiger partial charge on any atom is -0.497 e. The van der Waals surface area contributed by atoms with Crippen LogP contribution in [-0.4, -0.2) is 33.0 Å². The molecule has 0 spiro atoms. The lowest BCUT2D eigenvalue weighted by molar-refractivity contribution is 0.407. The summed E-state index contributed by atoms with van der Waals surface area (Å²) < 4.78 is 48.3. The molecule has 6 nitrogen and oxygen atoms in total. The zero-order chi connectivity index (χ0) is 20.6. The number of imidazole rings is 1. The summed E-state index contributed by atoms with van der Waals surface area (Å²) in [4.78, 5) is 8.69. The number of rotatable bonds is 5. The number of benzene rings is 1. The van der Waals surface area contributed by atoms with Crippen molar-refractivity contribution in [2.24, 2.45) is 6.98 Å². The van der Waals surface area contributed by atoms with Gasteiger partial charge in [0.1, 0.15) is 11.5 Å². The Morgan fingerprint density at radius 3 is 2.76 bits per heavy atom. The van der Waals surface area contributed by atoms with E-state index in [1.165, 1.54) is 7.11 Å². The lowest BCUT2D eigenvalue weighted by atomic mass is 10.1. The van der Waals surface area contributed by atoms with Gasteiger partial charge in [0.05, 0.1) is 47.5 Å². The van der Waals surface area contributed by atoms with Gasteiger partial charge in [-0.15, -0.1) is 0 Å². The van der Waals surface area contributed by atoms with E-state index in [0.29, 0.717) is 28.2 Å². The standard InChI is InChI=1S/C18H21N3O3S/c1-11-9-19-15(12(2)17(11)24-5)10-25(22)18-20-14-8-13(23-4)6-7-16(14)21(18)3/h6-9H,10H2,1-5H3/i3D3. The molecule has 132 valence electrons. The molecule has 3 rings (SSSR count). The molecule has 0 bridgehead atoms. The molecule has 0 fully saturated rings. The minimum atomic E-state index is -2.53. The fourth-order valence-corrected chi connectivity index (χ4v) is 3.89. The number of fused-ring (bicyclic) bond motifs is 1. The molecule has 1 aromatic carbocycles. The average Bonchev–Trinajstić information content (AvgIpc) is 3.03. The summed E-state index contributed by atoms with van der Waals surface area (Å²) in [6.07, 6.45) is 1.65. The fourth-order valence-electron chi connectivity index (χ4n) is 2.72. The van der Waals surface area contributed by atoms with Crippen LogP contribution < -0.4 is 9.47 Å². The highest BCUT2D eigenvalue weighted by molar-refractivity contribution is 7.84. The predicted octanol–water partition coefficient (Wildman–Crippen LogP) is 2.91. The third-order valence-electron chi connectivity index (χ3n) is 4.05. The van der Waals surface area contributed by atoms with Gasteiger partial charge in [0.25, 0.3) is 0 Å². The van der Waals surface area contributed by atoms with E-state index in [9.17, 15) is 4.21 Å². The molecule has 0 saturated carbocycles. The van der Waals surface area contributed by atoms with Crippen LogP contribution in [0.3, 0.4) is 0 Å². The normalized spacial score (nSPS) is 14.6. The largest absolute Gasteiger partial charge is 0.497 e. The highest BCUT2D eigenvalue weighted by Crippen LogP contribution is 2.27. The van der Waals surface area contributed by atoms with E-state index in [1.807, 2.05) is 13.8 Å². The maximum atomic E-state index is 13.1. The monoisotopic (exact) mass is 362 g/mol. The molecule has 2 aromatic heterocycles. The molecule has 1 unspecified atom stereocenters. The van der Waals surface area contributed by atoms with Gasteiger partial charge in [-0.05, 0) is 26.0 Å². The second kappa shape index (κ2) is 6.84. The first-order valence-corrected chi connectivity index (χ1v) is 8.93. The van der Waals surface area contributed by atoms with Crippen LogP contribution in [0.1, 0.15) is 20.9 Å². The van der Waals surface area contributed by atoms with E-state index < -0.39 is 17.8 Å². The number of pyridine rings is 1. The van der Waals surface area contributed by atoms with Gasteiger partial charge >= 0.3 is 0 Å². The lowest BCUT2D eigenvalue weighted by Crippen LogP contribution is -2.07. The third-order valence-corrected chi connectivity index (χ3v) is 5.27. The Hall–Kier alpha value is -2.41. The van der Waals surface area contributed by atoms with Crippen LogP contribution in [0.25, 0.3) is 11.0 Å². The first-order valence-electron chi connectivity index (χ1n) is 9.11. The van der Waals surface area contributed by atoms with Crippen molar-refractivity contribution in [2.75, 3.05) is 14.2 Å². The van der Waals surface area contributed by atoms with Crippen molar-refractivity contribution in [3.8, 4) is 11.5 Å². The number of ether oxygens (including phenoxy) is 2. The smallest absolute Gasteiger partial charge is 0.200 e. The van der Waals surface area contributed by atoms with Crippen LogP contribution in [0.5, 0.6) is 11.5 Å².